The molecule has 2 saturated heterocycles. The van der Waals surface area contributed by atoms with Crippen molar-refractivity contribution in [3.05, 3.63) is 0 Å². The van der Waals surface area contributed by atoms with Gasteiger partial charge >= 0.3 is 6.03 Å². The Morgan fingerprint density at radius 3 is 2.74 bits per heavy atom. The van der Waals surface area contributed by atoms with Crippen LogP contribution in [0.4, 0.5) is 4.79 Å². The van der Waals surface area contributed by atoms with Crippen molar-refractivity contribution in [3.63, 3.8) is 0 Å². The molecule has 2 fully saturated rings. The highest BCUT2D eigenvalue weighted by Gasteiger charge is 2.30. The summed E-state index contributed by atoms with van der Waals surface area (Å²) >= 11 is 0. The highest BCUT2D eigenvalue weighted by Crippen LogP contribution is 2.15. The van der Waals surface area contributed by atoms with Crippen LogP contribution in [0.3, 0.4) is 0 Å². The molecule has 2 rings (SSSR count). The first-order chi connectivity index (χ1) is 9.00. The van der Waals surface area contributed by atoms with Gasteiger partial charge in [-0.1, -0.05) is 0 Å². The van der Waals surface area contributed by atoms with Crippen LogP contribution < -0.4 is 5.32 Å². The van der Waals surface area contributed by atoms with Crippen LogP contribution in [0.1, 0.15) is 19.8 Å². The van der Waals surface area contributed by atoms with Gasteiger partial charge in [0.05, 0.1) is 18.1 Å². The van der Waals surface area contributed by atoms with E-state index in [1.807, 2.05) is 6.92 Å². The lowest BCUT2D eigenvalue weighted by Crippen LogP contribution is -2.47. The van der Waals surface area contributed by atoms with Gasteiger partial charge < -0.3 is 15.0 Å². The number of hydrogen-bond donors (Lipinski definition) is 1. The normalized spacial score (nSPS) is 29.3. The minimum atomic E-state index is -2.95. The molecule has 0 aromatic rings. The molecule has 2 atom stereocenters. The van der Waals surface area contributed by atoms with Gasteiger partial charge in [-0.2, -0.15) is 0 Å². The van der Waals surface area contributed by atoms with E-state index in [2.05, 4.69) is 5.32 Å². The molecule has 2 amide bonds. The van der Waals surface area contributed by atoms with E-state index < -0.39 is 9.84 Å². The molecule has 0 unspecified atom stereocenters. The fraction of sp³-hybridized carbons (Fsp3) is 0.917. The molecule has 0 aliphatic carbocycles. The van der Waals surface area contributed by atoms with E-state index in [1.54, 1.807) is 4.90 Å². The lowest BCUT2D eigenvalue weighted by Gasteiger charge is -2.25. The summed E-state index contributed by atoms with van der Waals surface area (Å²) in [6.07, 6.45) is 1.51. The second-order valence-electron chi connectivity index (χ2n) is 5.32. The van der Waals surface area contributed by atoms with Gasteiger partial charge in [0.15, 0.2) is 9.84 Å². The maximum atomic E-state index is 12.1. The van der Waals surface area contributed by atoms with Gasteiger partial charge in [0, 0.05) is 31.7 Å². The molecule has 19 heavy (non-hydrogen) atoms. The molecule has 7 heteroatoms. The molecule has 2 aliphatic rings. The van der Waals surface area contributed by atoms with Crippen molar-refractivity contribution in [2.45, 2.75) is 25.8 Å². The first-order valence-electron chi connectivity index (χ1n) is 6.84. The Kier molecular flexibility index (Phi) is 4.67. The van der Waals surface area contributed by atoms with Gasteiger partial charge in [0.2, 0.25) is 0 Å². The van der Waals surface area contributed by atoms with Crippen LogP contribution in [0.5, 0.6) is 0 Å². The van der Waals surface area contributed by atoms with Crippen LogP contribution in [-0.2, 0) is 14.6 Å². The van der Waals surface area contributed by atoms with Crippen molar-refractivity contribution in [1.82, 2.24) is 10.2 Å². The van der Waals surface area contributed by atoms with Crippen LogP contribution in [0, 0.1) is 5.92 Å². The number of nitrogens with zero attached hydrogens (tertiary/aromatic N) is 1. The van der Waals surface area contributed by atoms with E-state index in [9.17, 15) is 13.2 Å². The fourth-order valence-corrected chi connectivity index (χ4v) is 4.24. The minimum Gasteiger partial charge on any atom is -0.381 e. The third kappa shape index (κ3) is 4.07. The average molecular weight is 290 g/mol. The molecule has 2 aliphatic heterocycles. The Morgan fingerprint density at radius 2 is 2.21 bits per heavy atom. The van der Waals surface area contributed by atoms with E-state index in [-0.39, 0.29) is 23.6 Å². The monoisotopic (exact) mass is 290 g/mol. The predicted octanol–water partition coefficient (Wildman–Crippen LogP) is 0.242. The van der Waals surface area contributed by atoms with Gasteiger partial charge in [-0.3, -0.25) is 0 Å². The SMILES string of the molecule is CCN(C[C@H]1CCOC1)C(=O)N[C@H]1CCS(=O)(=O)C1. The summed E-state index contributed by atoms with van der Waals surface area (Å²) in [5, 5.41) is 2.83. The Bertz CT molecular complexity index is 417. The molecular formula is C12H22N2O4S. The van der Waals surface area contributed by atoms with Crippen molar-refractivity contribution in [2.75, 3.05) is 37.8 Å². The number of sulfone groups is 1. The summed E-state index contributed by atoms with van der Waals surface area (Å²) in [6, 6.07) is -0.386. The lowest BCUT2D eigenvalue weighted by atomic mass is 10.1. The van der Waals surface area contributed by atoms with E-state index in [4.69, 9.17) is 4.74 Å². The Morgan fingerprint density at radius 1 is 1.42 bits per heavy atom. The maximum absolute atomic E-state index is 12.1. The van der Waals surface area contributed by atoms with E-state index in [1.165, 1.54) is 0 Å². The Balaban J connectivity index is 1.83. The topological polar surface area (TPSA) is 75.7 Å². The summed E-state index contributed by atoms with van der Waals surface area (Å²) in [5.74, 6) is 0.654. The zero-order valence-corrected chi connectivity index (χ0v) is 12.1. The van der Waals surface area contributed by atoms with Crippen LogP contribution >= 0.6 is 0 Å². The summed E-state index contributed by atoms with van der Waals surface area (Å²) < 4.78 is 28.0. The number of carbonyl (C=O) groups excluding carboxylic acids is 1. The van der Waals surface area contributed by atoms with Gasteiger partial charge in [-0.25, -0.2) is 13.2 Å². The molecule has 110 valence electrons. The van der Waals surface area contributed by atoms with Gasteiger partial charge in [-0.15, -0.1) is 0 Å². The molecule has 0 aromatic carbocycles. The van der Waals surface area contributed by atoms with Crippen LogP contribution in [0.15, 0.2) is 0 Å². The summed E-state index contributed by atoms with van der Waals surface area (Å²) in [5.41, 5.74) is 0. The predicted molar refractivity (Wildman–Crippen MR) is 71.8 cm³/mol. The number of hydrogen-bond acceptors (Lipinski definition) is 4. The molecule has 2 heterocycles. The number of ether oxygens (including phenoxy) is 1. The molecule has 0 spiro atoms. The number of nitrogens with one attached hydrogen (secondary N) is 1. The first kappa shape index (κ1) is 14.6. The highest BCUT2D eigenvalue weighted by molar-refractivity contribution is 7.91. The lowest BCUT2D eigenvalue weighted by molar-refractivity contribution is 0.165. The molecule has 0 saturated carbocycles. The zero-order valence-electron chi connectivity index (χ0n) is 11.3. The van der Waals surface area contributed by atoms with Gasteiger partial charge in [0.1, 0.15) is 0 Å². The van der Waals surface area contributed by atoms with Crippen molar-refractivity contribution >= 4 is 15.9 Å². The van der Waals surface area contributed by atoms with Crippen LogP contribution in [0.25, 0.3) is 0 Å². The van der Waals surface area contributed by atoms with E-state index >= 15 is 0 Å². The van der Waals surface area contributed by atoms with E-state index in [0.29, 0.717) is 32.0 Å². The minimum absolute atomic E-state index is 0.0723. The quantitative estimate of drug-likeness (QED) is 0.805. The van der Waals surface area contributed by atoms with E-state index in [0.717, 1.165) is 13.0 Å². The highest BCUT2D eigenvalue weighted by atomic mass is 32.2. The third-order valence-electron chi connectivity index (χ3n) is 3.73. The zero-order chi connectivity index (χ0) is 13.9. The fourth-order valence-electron chi connectivity index (χ4n) is 2.57. The first-order valence-corrected chi connectivity index (χ1v) is 8.66. The number of rotatable bonds is 4. The number of amides is 2. The van der Waals surface area contributed by atoms with Gasteiger partial charge in [-0.05, 0) is 19.8 Å². The smallest absolute Gasteiger partial charge is 0.317 e. The van der Waals surface area contributed by atoms with Crippen LogP contribution in [0.2, 0.25) is 0 Å². The Labute approximate surface area is 114 Å². The third-order valence-corrected chi connectivity index (χ3v) is 5.50. The molecule has 0 bridgehead atoms. The summed E-state index contributed by atoms with van der Waals surface area (Å²) in [4.78, 5) is 13.8. The molecule has 1 N–H and O–H groups in total. The number of carbonyl (C=O) groups is 1. The van der Waals surface area contributed by atoms with Crippen molar-refractivity contribution < 1.29 is 17.9 Å². The standard InChI is InChI=1S/C12H22N2O4S/c1-2-14(7-10-3-5-18-8-10)12(15)13-11-4-6-19(16,17)9-11/h10-11H,2-9H2,1H3,(H,13,15)/t10-,11+/m1/s1. The molecule has 6 nitrogen and oxygen atoms in total. The largest absolute Gasteiger partial charge is 0.381 e. The number of urea groups is 1. The maximum Gasteiger partial charge on any atom is 0.317 e. The van der Waals surface area contributed by atoms with Crippen molar-refractivity contribution in [1.29, 1.82) is 0 Å². The summed E-state index contributed by atoms with van der Waals surface area (Å²) in [6.45, 7) is 4.72. The molecule has 0 radical (unpaired) electrons. The second kappa shape index (κ2) is 6.09. The molecule has 0 aromatic heterocycles. The average Bonchev–Trinajstić information content (AvgIpc) is 2.95. The van der Waals surface area contributed by atoms with Gasteiger partial charge in [0.25, 0.3) is 0 Å². The van der Waals surface area contributed by atoms with Crippen LogP contribution in [-0.4, -0.2) is 63.2 Å². The molecular weight excluding hydrogens is 268 g/mol. The second-order valence-corrected chi connectivity index (χ2v) is 7.55. The Hall–Kier alpha value is -0.820. The summed E-state index contributed by atoms with van der Waals surface area (Å²) in [7, 11) is -2.95. The van der Waals surface area contributed by atoms with Crippen molar-refractivity contribution in [2.24, 2.45) is 5.92 Å². The van der Waals surface area contributed by atoms with Crippen molar-refractivity contribution in [3.8, 4) is 0 Å².